The molecule has 0 unspecified atom stereocenters. The van der Waals surface area contributed by atoms with Crippen molar-refractivity contribution >= 4 is 22.8 Å². The van der Waals surface area contributed by atoms with Gasteiger partial charge in [0, 0.05) is 13.1 Å². The van der Waals surface area contributed by atoms with Crippen molar-refractivity contribution in [3.05, 3.63) is 108 Å². The van der Waals surface area contributed by atoms with Crippen LogP contribution < -0.4 is 0 Å². The molecular formula is C30H35NO3S. The first-order chi connectivity index (χ1) is 16.8. The topological polar surface area (TPSA) is 46.6 Å². The predicted molar refractivity (Wildman–Crippen MR) is 144 cm³/mol. The average molecular weight is 490 g/mol. The average Bonchev–Trinajstić information content (AvgIpc) is 2.86. The van der Waals surface area contributed by atoms with Crippen LogP contribution in [0.3, 0.4) is 0 Å². The van der Waals surface area contributed by atoms with Crippen molar-refractivity contribution < 1.29 is 14.3 Å². The summed E-state index contributed by atoms with van der Waals surface area (Å²) >= 11 is 1.11. The highest BCUT2D eigenvalue weighted by Crippen LogP contribution is 2.26. The Hall–Kier alpha value is -2.89. The summed E-state index contributed by atoms with van der Waals surface area (Å²) in [5, 5.41) is -0.144. The summed E-state index contributed by atoms with van der Waals surface area (Å²) in [6.07, 6.45) is 1.43. The van der Waals surface area contributed by atoms with Crippen molar-refractivity contribution in [2.45, 2.75) is 52.4 Å². The molecule has 0 heterocycles. The summed E-state index contributed by atoms with van der Waals surface area (Å²) in [5.74, 6) is -0.373. The van der Waals surface area contributed by atoms with Gasteiger partial charge < -0.3 is 4.74 Å². The second-order valence-corrected chi connectivity index (χ2v) is 10.5. The molecule has 0 aliphatic rings. The van der Waals surface area contributed by atoms with Crippen LogP contribution in [0, 0.1) is 5.41 Å². The summed E-state index contributed by atoms with van der Waals surface area (Å²) in [7, 11) is 0. The summed E-state index contributed by atoms with van der Waals surface area (Å²) in [5.41, 5.74) is 2.66. The molecule has 0 spiro atoms. The van der Waals surface area contributed by atoms with Gasteiger partial charge in [-0.05, 0) is 50.1 Å². The molecule has 0 amide bonds. The molecular weight excluding hydrogens is 454 g/mol. The number of hydrogen-bond acceptors (Lipinski definition) is 5. The monoisotopic (exact) mass is 489 g/mol. The maximum absolute atomic E-state index is 13.3. The third kappa shape index (κ3) is 8.08. The van der Waals surface area contributed by atoms with Crippen molar-refractivity contribution in [2.75, 3.05) is 6.26 Å². The highest BCUT2D eigenvalue weighted by atomic mass is 32.2. The van der Waals surface area contributed by atoms with Crippen molar-refractivity contribution in [1.82, 2.24) is 4.90 Å². The van der Waals surface area contributed by atoms with Gasteiger partial charge in [-0.2, -0.15) is 0 Å². The third-order valence-corrected chi connectivity index (χ3v) is 6.48. The number of hydrogen-bond donors (Lipinski definition) is 0. The van der Waals surface area contributed by atoms with E-state index in [4.69, 9.17) is 4.74 Å². The number of benzene rings is 3. The number of rotatable bonds is 10. The van der Waals surface area contributed by atoms with Crippen LogP contribution >= 0.6 is 11.8 Å². The maximum atomic E-state index is 13.3. The van der Waals surface area contributed by atoms with Gasteiger partial charge >= 0.3 is 5.97 Å². The van der Waals surface area contributed by atoms with Crippen LogP contribution in [0.25, 0.3) is 0 Å². The van der Waals surface area contributed by atoms with Crippen molar-refractivity contribution in [3.8, 4) is 0 Å². The fourth-order valence-corrected chi connectivity index (χ4v) is 4.34. The van der Waals surface area contributed by atoms with Crippen LogP contribution in [0.1, 0.15) is 37.5 Å². The molecule has 0 aromatic heterocycles. The SMILES string of the molecule is CSC(=O)[C@@H](OC(=O)C(C)(C)C)[C@H](Cc1ccccc1)N(Cc1ccccc1)Cc1ccccc1. The Balaban J connectivity index is 2.06. The highest BCUT2D eigenvalue weighted by molar-refractivity contribution is 8.13. The molecule has 3 aromatic carbocycles. The zero-order valence-corrected chi connectivity index (χ0v) is 21.8. The van der Waals surface area contributed by atoms with Crippen molar-refractivity contribution in [1.29, 1.82) is 0 Å². The Labute approximate surface area is 213 Å². The van der Waals surface area contributed by atoms with E-state index in [9.17, 15) is 9.59 Å². The first-order valence-corrected chi connectivity index (χ1v) is 13.1. The third-order valence-electron chi connectivity index (χ3n) is 5.84. The molecule has 0 saturated heterocycles. The van der Waals surface area contributed by atoms with Gasteiger partial charge in [0.2, 0.25) is 5.12 Å². The molecule has 0 radical (unpaired) electrons. The number of ether oxygens (including phenoxy) is 1. The standard InChI is InChI=1S/C30H35NO3S/c1-30(2,3)29(33)34-27(28(32)35-4)26(20-23-14-8-5-9-15-23)31(21-24-16-10-6-11-17-24)22-25-18-12-7-13-19-25/h5-19,26-27H,20-22H2,1-4H3/t26-,27-/m0/s1. The fraction of sp³-hybridized carbons (Fsp3) is 0.333. The van der Waals surface area contributed by atoms with Crippen LogP contribution in [-0.4, -0.2) is 34.4 Å². The molecule has 184 valence electrons. The van der Waals surface area contributed by atoms with Gasteiger partial charge in [-0.15, -0.1) is 0 Å². The van der Waals surface area contributed by atoms with Gasteiger partial charge in [0.15, 0.2) is 6.10 Å². The lowest BCUT2D eigenvalue weighted by Gasteiger charge is -2.37. The summed E-state index contributed by atoms with van der Waals surface area (Å²) in [4.78, 5) is 28.5. The lowest BCUT2D eigenvalue weighted by atomic mass is 9.95. The van der Waals surface area contributed by atoms with E-state index >= 15 is 0 Å². The van der Waals surface area contributed by atoms with E-state index in [1.165, 1.54) is 0 Å². The first kappa shape index (κ1) is 26.7. The molecule has 3 aromatic rings. The maximum Gasteiger partial charge on any atom is 0.312 e. The van der Waals surface area contributed by atoms with Gasteiger partial charge in [-0.1, -0.05) is 103 Å². The van der Waals surface area contributed by atoms with Crippen molar-refractivity contribution in [2.24, 2.45) is 5.41 Å². The fourth-order valence-electron chi connectivity index (χ4n) is 3.90. The first-order valence-electron chi connectivity index (χ1n) is 11.9. The Morgan fingerprint density at radius 1 is 0.771 bits per heavy atom. The Kier molecular flexibility index (Phi) is 9.70. The van der Waals surface area contributed by atoms with E-state index in [1.807, 2.05) is 75.4 Å². The van der Waals surface area contributed by atoms with Gasteiger partial charge in [0.1, 0.15) is 0 Å². The summed E-state index contributed by atoms with van der Waals surface area (Å²) in [6, 6.07) is 30.2. The van der Waals surface area contributed by atoms with E-state index in [0.29, 0.717) is 19.5 Å². The Morgan fingerprint density at radius 3 is 1.60 bits per heavy atom. The minimum atomic E-state index is -0.899. The van der Waals surface area contributed by atoms with Crippen LogP contribution in [-0.2, 0) is 33.8 Å². The minimum absolute atomic E-state index is 0.144. The lowest BCUT2D eigenvalue weighted by Crippen LogP contribution is -2.50. The largest absolute Gasteiger partial charge is 0.451 e. The molecule has 5 heteroatoms. The Morgan fingerprint density at radius 2 is 1.20 bits per heavy atom. The zero-order chi connectivity index (χ0) is 25.3. The minimum Gasteiger partial charge on any atom is -0.451 e. The van der Waals surface area contributed by atoms with Crippen molar-refractivity contribution in [3.63, 3.8) is 0 Å². The van der Waals surface area contributed by atoms with Crippen LogP contribution in [0.5, 0.6) is 0 Å². The number of thioether (sulfide) groups is 1. The summed E-state index contributed by atoms with van der Waals surface area (Å²) < 4.78 is 6.01. The molecule has 0 saturated carbocycles. The van der Waals surface area contributed by atoms with Gasteiger partial charge in [-0.3, -0.25) is 14.5 Å². The van der Waals surface area contributed by atoms with E-state index < -0.39 is 11.5 Å². The summed E-state index contributed by atoms with van der Waals surface area (Å²) in [6.45, 7) is 6.69. The molecule has 35 heavy (non-hydrogen) atoms. The predicted octanol–water partition coefficient (Wildman–Crippen LogP) is 6.15. The van der Waals surface area contributed by atoms with E-state index in [0.717, 1.165) is 28.5 Å². The van der Waals surface area contributed by atoms with Crippen LogP contribution in [0.15, 0.2) is 91.0 Å². The molecule has 0 N–H and O–H groups in total. The molecule has 0 aliphatic heterocycles. The smallest absolute Gasteiger partial charge is 0.312 e. The van der Waals surface area contributed by atoms with Gasteiger partial charge in [-0.25, -0.2) is 0 Å². The number of esters is 1. The molecule has 0 aliphatic carbocycles. The van der Waals surface area contributed by atoms with Crippen LogP contribution in [0.2, 0.25) is 0 Å². The van der Waals surface area contributed by atoms with Gasteiger partial charge in [0.25, 0.3) is 0 Å². The van der Waals surface area contributed by atoms with E-state index in [-0.39, 0.29) is 17.1 Å². The number of carbonyl (C=O) groups excluding carboxylic acids is 2. The second kappa shape index (κ2) is 12.7. The number of carbonyl (C=O) groups is 2. The zero-order valence-electron chi connectivity index (χ0n) is 21.0. The molecule has 0 bridgehead atoms. The lowest BCUT2D eigenvalue weighted by molar-refractivity contribution is -0.165. The van der Waals surface area contributed by atoms with E-state index in [2.05, 4.69) is 41.3 Å². The van der Waals surface area contributed by atoms with Gasteiger partial charge in [0.05, 0.1) is 11.5 Å². The molecule has 4 nitrogen and oxygen atoms in total. The molecule has 0 fully saturated rings. The quantitative estimate of drug-likeness (QED) is 0.320. The Bertz CT molecular complexity index is 1020. The molecule has 3 rings (SSSR count). The van der Waals surface area contributed by atoms with Crippen LogP contribution in [0.4, 0.5) is 0 Å². The second-order valence-electron chi connectivity index (χ2n) is 9.73. The highest BCUT2D eigenvalue weighted by Gasteiger charge is 2.38. The van der Waals surface area contributed by atoms with E-state index in [1.54, 1.807) is 6.26 Å². The number of nitrogens with zero attached hydrogens (tertiary/aromatic N) is 1. The molecule has 2 atom stereocenters. The normalized spacial score (nSPS) is 13.3.